The van der Waals surface area contributed by atoms with E-state index in [1.165, 1.54) is 23.3 Å². The second kappa shape index (κ2) is 3.08. The van der Waals surface area contributed by atoms with Crippen molar-refractivity contribution in [3.8, 4) is 0 Å². The van der Waals surface area contributed by atoms with Crippen LogP contribution in [0.3, 0.4) is 0 Å². The van der Waals surface area contributed by atoms with Crippen LogP contribution >= 0.6 is 11.3 Å². The summed E-state index contributed by atoms with van der Waals surface area (Å²) in [6.45, 7) is 1.73. The fourth-order valence-electron chi connectivity index (χ4n) is 1.36. The zero-order chi connectivity index (χ0) is 9.42. The zero-order valence-electron chi connectivity index (χ0n) is 7.53. The molecule has 0 N–H and O–H groups in total. The molecule has 0 aromatic carbocycles. The third kappa shape index (κ3) is 1.45. The molecule has 0 bridgehead atoms. The second-order valence-electron chi connectivity index (χ2n) is 3.05. The second-order valence-corrected chi connectivity index (χ2v) is 4.14. The summed E-state index contributed by atoms with van der Waals surface area (Å²) in [4.78, 5) is 18.7. The summed E-state index contributed by atoms with van der Waals surface area (Å²) in [6, 6.07) is 0. The third-order valence-electron chi connectivity index (χ3n) is 1.97. The lowest BCUT2D eigenvalue weighted by Gasteiger charge is -2.03. The Morgan fingerprint density at radius 3 is 3.00 bits per heavy atom. The summed E-state index contributed by atoms with van der Waals surface area (Å²) in [6.07, 6.45) is 0. The Kier molecular flexibility index (Phi) is 2.05. The van der Waals surface area contributed by atoms with E-state index in [1.807, 2.05) is 7.05 Å². The van der Waals surface area contributed by atoms with Crippen molar-refractivity contribution < 1.29 is 9.53 Å². The number of carbonyl (C=O) groups is 1. The van der Waals surface area contributed by atoms with Crippen molar-refractivity contribution in [3.05, 3.63) is 15.6 Å². The van der Waals surface area contributed by atoms with Crippen molar-refractivity contribution >= 4 is 17.3 Å². The molecule has 0 amide bonds. The van der Waals surface area contributed by atoms with Crippen LogP contribution in [0, 0.1) is 0 Å². The third-order valence-corrected chi connectivity index (χ3v) is 3.03. The number of hydrogen-bond donors (Lipinski definition) is 0. The van der Waals surface area contributed by atoms with Gasteiger partial charge in [-0.05, 0) is 7.05 Å². The van der Waals surface area contributed by atoms with Crippen molar-refractivity contribution in [2.24, 2.45) is 0 Å². The molecule has 5 heteroatoms. The van der Waals surface area contributed by atoms with Gasteiger partial charge in [-0.15, -0.1) is 11.3 Å². The Hall–Kier alpha value is -0.940. The van der Waals surface area contributed by atoms with Crippen LogP contribution in [0.4, 0.5) is 0 Å². The van der Waals surface area contributed by atoms with Gasteiger partial charge in [0.1, 0.15) is 0 Å². The number of carbonyl (C=O) groups excluding carboxylic acids is 1. The van der Waals surface area contributed by atoms with Gasteiger partial charge in [0.05, 0.1) is 12.8 Å². The topological polar surface area (TPSA) is 42.4 Å². The van der Waals surface area contributed by atoms with Gasteiger partial charge in [-0.2, -0.15) is 0 Å². The molecule has 1 aromatic rings. The molecule has 4 nitrogen and oxygen atoms in total. The molecule has 2 heterocycles. The summed E-state index contributed by atoms with van der Waals surface area (Å²) in [5, 5.41) is 0.473. The number of hydrogen-bond acceptors (Lipinski definition) is 5. The van der Waals surface area contributed by atoms with Crippen LogP contribution in [0.2, 0.25) is 0 Å². The maximum atomic E-state index is 11.1. The Labute approximate surface area is 80.1 Å². The predicted molar refractivity (Wildman–Crippen MR) is 48.6 cm³/mol. The normalized spacial score (nSPS) is 15.8. The first-order valence-electron chi connectivity index (χ1n) is 3.96. The number of thiazole rings is 1. The minimum atomic E-state index is -0.331. The first-order valence-corrected chi connectivity index (χ1v) is 4.78. The fraction of sp³-hybridized carbons (Fsp3) is 0.500. The monoisotopic (exact) mass is 198 g/mol. The van der Waals surface area contributed by atoms with E-state index in [4.69, 9.17) is 0 Å². The molecule has 0 unspecified atom stereocenters. The maximum Gasteiger partial charge on any atom is 0.367 e. The van der Waals surface area contributed by atoms with E-state index in [0.717, 1.165) is 18.8 Å². The fourth-order valence-corrected chi connectivity index (χ4v) is 2.43. The van der Waals surface area contributed by atoms with E-state index in [-0.39, 0.29) is 5.97 Å². The molecule has 0 saturated heterocycles. The van der Waals surface area contributed by atoms with Crippen LogP contribution in [-0.4, -0.2) is 30.0 Å². The van der Waals surface area contributed by atoms with Crippen LogP contribution in [0.1, 0.15) is 20.4 Å². The molecule has 0 atom stereocenters. The molecule has 0 aliphatic carbocycles. The number of fused-ring (bicyclic) bond motifs is 1. The van der Waals surface area contributed by atoms with Crippen molar-refractivity contribution in [1.29, 1.82) is 0 Å². The quantitative estimate of drug-likeness (QED) is 0.628. The predicted octanol–water partition coefficient (Wildman–Crippen LogP) is 0.875. The molecule has 1 aliphatic rings. The first kappa shape index (κ1) is 8.65. The lowest BCUT2D eigenvalue weighted by molar-refractivity contribution is 0.0600. The molecule has 0 radical (unpaired) electrons. The Balaban J connectivity index is 2.26. The van der Waals surface area contributed by atoms with Crippen molar-refractivity contribution in [2.45, 2.75) is 13.1 Å². The number of esters is 1. The zero-order valence-corrected chi connectivity index (χ0v) is 8.35. The number of nitrogens with zero attached hydrogens (tertiary/aromatic N) is 2. The van der Waals surface area contributed by atoms with Gasteiger partial charge in [-0.1, -0.05) is 0 Å². The van der Waals surface area contributed by atoms with Gasteiger partial charge in [0.15, 0.2) is 0 Å². The van der Waals surface area contributed by atoms with Crippen molar-refractivity contribution in [3.63, 3.8) is 0 Å². The average Bonchev–Trinajstić information content (AvgIpc) is 2.59. The molecule has 70 valence electrons. The van der Waals surface area contributed by atoms with Gasteiger partial charge >= 0.3 is 5.97 Å². The maximum absolute atomic E-state index is 11.1. The molecule has 0 saturated carbocycles. The Morgan fingerprint density at radius 2 is 2.38 bits per heavy atom. The van der Waals surface area contributed by atoms with Crippen molar-refractivity contribution in [2.75, 3.05) is 14.2 Å². The summed E-state index contributed by atoms with van der Waals surface area (Å²) in [5.74, 6) is -0.331. The summed E-state index contributed by atoms with van der Waals surface area (Å²) in [7, 11) is 3.41. The Morgan fingerprint density at radius 1 is 1.62 bits per heavy atom. The minimum absolute atomic E-state index is 0.331. The van der Waals surface area contributed by atoms with E-state index in [1.54, 1.807) is 0 Å². The summed E-state index contributed by atoms with van der Waals surface area (Å²) < 4.78 is 4.60. The highest BCUT2D eigenvalue weighted by Gasteiger charge is 2.23. The molecular formula is C8H10N2O2S. The van der Waals surface area contributed by atoms with E-state index in [9.17, 15) is 4.79 Å². The van der Waals surface area contributed by atoms with Crippen LogP contribution in [0.25, 0.3) is 0 Å². The number of rotatable bonds is 1. The molecule has 1 aliphatic heterocycles. The average molecular weight is 198 g/mol. The van der Waals surface area contributed by atoms with Gasteiger partial charge in [0.2, 0.25) is 5.01 Å². The molecule has 2 rings (SSSR count). The smallest absolute Gasteiger partial charge is 0.367 e. The van der Waals surface area contributed by atoms with Crippen LogP contribution in [-0.2, 0) is 17.8 Å². The van der Waals surface area contributed by atoms with Crippen LogP contribution in [0.15, 0.2) is 0 Å². The Bertz CT molecular complexity index is 324. The molecule has 0 spiro atoms. The lowest BCUT2D eigenvalue weighted by atomic mass is 10.4. The van der Waals surface area contributed by atoms with Gasteiger partial charge in [-0.25, -0.2) is 9.78 Å². The van der Waals surface area contributed by atoms with Gasteiger partial charge in [0, 0.05) is 18.0 Å². The van der Waals surface area contributed by atoms with Crippen LogP contribution in [0.5, 0.6) is 0 Å². The van der Waals surface area contributed by atoms with Crippen LogP contribution < -0.4 is 0 Å². The standard InChI is InChI=1S/C8H10N2O2S/c1-10-3-5-6(4-10)13-7(9-5)8(11)12-2/h3-4H2,1-2H3. The number of methoxy groups -OCH3 is 1. The van der Waals surface area contributed by atoms with E-state index in [0.29, 0.717) is 5.01 Å². The first-order chi connectivity index (χ1) is 6.20. The molecule has 13 heavy (non-hydrogen) atoms. The highest BCUT2D eigenvalue weighted by molar-refractivity contribution is 7.13. The number of ether oxygens (including phenoxy) is 1. The van der Waals surface area contributed by atoms with Gasteiger partial charge in [-0.3, -0.25) is 4.90 Å². The molecular weight excluding hydrogens is 188 g/mol. The SMILES string of the molecule is COC(=O)c1nc2c(s1)CN(C)C2. The van der Waals surface area contributed by atoms with E-state index in [2.05, 4.69) is 14.6 Å². The minimum Gasteiger partial charge on any atom is -0.464 e. The van der Waals surface area contributed by atoms with Crippen molar-refractivity contribution in [1.82, 2.24) is 9.88 Å². The molecule has 1 aromatic heterocycles. The number of aromatic nitrogens is 1. The van der Waals surface area contributed by atoms with Gasteiger partial charge < -0.3 is 4.74 Å². The van der Waals surface area contributed by atoms with E-state index >= 15 is 0 Å². The molecule has 0 fully saturated rings. The largest absolute Gasteiger partial charge is 0.464 e. The highest BCUT2D eigenvalue weighted by atomic mass is 32.1. The summed E-state index contributed by atoms with van der Waals surface area (Å²) >= 11 is 1.43. The lowest BCUT2D eigenvalue weighted by Crippen LogP contribution is -2.09. The van der Waals surface area contributed by atoms with Gasteiger partial charge in [0.25, 0.3) is 0 Å². The summed E-state index contributed by atoms with van der Waals surface area (Å²) in [5.41, 5.74) is 1.02. The highest BCUT2D eigenvalue weighted by Crippen LogP contribution is 2.27. The van der Waals surface area contributed by atoms with E-state index < -0.39 is 0 Å².